The lowest BCUT2D eigenvalue weighted by Gasteiger charge is -2.35. The van der Waals surface area contributed by atoms with E-state index in [-0.39, 0.29) is 35.1 Å². The Bertz CT molecular complexity index is 1850. The van der Waals surface area contributed by atoms with Gasteiger partial charge >= 0.3 is 6.18 Å². The topological polar surface area (TPSA) is 112 Å². The maximum absolute atomic E-state index is 15.4. The van der Waals surface area contributed by atoms with Crippen LogP contribution in [-0.2, 0) is 6.18 Å². The highest BCUT2D eigenvalue weighted by Crippen LogP contribution is 2.43. The molecular weight excluding hydrogens is 542 g/mol. The van der Waals surface area contributed by atoms with Crippen LogP contribution in [0.3, 0.4) is 0 Å². The molecular formula is C28H21F4N7O2. The third-order valence-electron chi connectivity index (χ3n) is 7.45. The van der Waals surface area contributed by atoms with Crippen LogP contribution >= 0.6 is 0 Å². The van der Waals surface area contributed by atoms with Gasteiger partial charge in [-0.25, -0.2) is 14.4 Å². The molecule has 9 nitrogen and oxygen atoms in total. The van der Waals surface area contributed by atoms with E-state index in [0.29, 0.717) is 34.5 Å². The molecule has 7 rings (SSSR count). The number of rotatable bonds is 4. The molecule has 5 heterocycles. The number of halogens is 4. The number of alkyl halides is 3. The molecule has 1 aliphatic carbocycles. The van der Waals surface area contributed by atoms with E-state index in [1.807, 2.05) is 0 Å². The van der Waals surface area contributed by atoms with Crippen LogP contribution in [0.15, 0.2) is 55.4 Å². The first-order valence-electron chi connectivity index (χ1n) is 12.9. The molecule has 0 bridgehead atoms. The number of nitrogens with zero attached hydrogens (tertiary/aromatic N) is 6. The second kappa shape index (κ2) is 9.11. The zero-order valence-corrected chi connectivity index (χ0v) is 21.3. The van der Waals surface area contributed by atoms with Crippen molar-refractivity contribution in [3.63, 3.8) is 0 Å². The van der Waals surface area contributed by atoms with Gasteiger partial charge in [0.05, 0.1) is 47.3 Å². The number of amides is 1. The third kappa shape index (κ3) is 4.28. The van der Waals surface area contributed by atoms with Crippen molar-refractivity contribution in [3.05, 3.63) is 78.0 Å². The zero-order valence-electron chi connectivity index (χ0n) is 21.3. The van der Waals surface area contributed by atoms with Gasteiger partial charge in [0, 0.05) is 48.2 Å². The Balaban J connectivity index is 1.27. The van der Waals surface area contributed by atoms with Gasteiger partial charge in [0.25, 0.3) is 5.91 Å². The monoisotopic (exact) mass is 563 g/mol. The fourth-order valence-electron chi connectivity index (χ4n) is 5.33. The molecule has 1 aromatic carbocycles. The van der Waals surface area contributed by atoms with E-state index in [1.165, 1.54) is 37.1 Å². The fraction of sp³-hybridized carbons (Fsp3) is 0.250. The van der Waals surface area contributed by atoms with Gasteiger partial charge in [-0.05, 0) is 31.0 Å². The van der Waals surface area contributed by atoms with Gasteiger partial charge in [-0.2, -0.15) is 13.2 Å². The highest BCUT2D eigenvalue weighted by atomic mass is 19.4. The Labute approximate surface area is 229 Å². The largest absolute Gasteiger partial charge is 0.491 e. The number of aromatic nitrogens is 5. The number of carbonyl (C=O) groups excluding carboxylic acids is 1. The molecule has 1 atom stereocenters. The molecule has 1 amide bonds. The fourth-order valence-corrected chi connectivity index (χ4v) is 5.33. The van der Waals surface area contributed by atoms with Gasteiger partial charge in [-0.1, -0.05) is 0 Å². The molecule has 0 radical (unpaired) electrons. The lowest BCUT2D eigenvalue weighted by Crippen LogP contribution is -2.40. The zero-order chi connectivity index (χ0) is 28.5. The Morgan fingerprint density at radius 3 is 2.59 bits per heavy atom. The summed E-state index contributed by atoms with van der Waals surface area (Å²) in [6, 6.07) is 4.62. The molecule has 1 fully saturated rings. The molecule has 13 heteroatoms. The lowest BCUT2D eigenvalue weighted by atomic mass is 10.00. The predicted octanol–water partition coefficient (Wildman–Crippen LogP) is 5.21. The number of ether oxygens (including phenoxy) is 1. The van der Waals surface area contributed by atoms with Crippen LogP contribution in [0.1, 0.15) is 46.9 Å². The van der Waals surface area contributed by atoms with Crippen molar-refractivity contribution in [2.24, 2.45) is 0 Å². The number of nitrogens with two attached hydrogens (primary N) is 1. The quantitative estimate of drug-likeness (QED) is 0.299. The molecule has 0 spiro atoms. The number of benzene rings is 1. The Morgan fingerprint density at radius 2 is 1.80 bits per heavy atom. The van der Waals surface area contributed by atoms with Crippen molar-refractivity contribution in [3.8, 4) is 16.9 Å². The SMILES string of the molecule is Nc1nc2cc(F)c(C(=O)N(C3CC3)C3CCOc4cc(-c5cncc(C(F)(F)F)c5)cnc43)cc2n2cncc12. The van der Waals surface area contributed by atoms with Crippen LogP contribution in [0.5, 0.6) is 5.75 Å². The highest BCUT2D eigenvalue weighted by molar-refractivity contribution is 5.99. The number of nitrogen functional groups attached to an aromatic ring is 1. The first-order chi connectivity index (χ1) is 19.7. The van der Waals surface area contributed by atoms with E-state index in [2.05, 4.69) is 19.9 Å². The number of pyridine rings is 2. The first kappa shape index (κ1) is 25.2. The summed E-state index contributed by atoms with van der Waals surface area (Å²) in [5.41, 5.74) is 7.39. The molecule has 4 aromatic heterocycles. The minimum Gasteiger partial charge on any atom is -0.491 e. The van der Waals surface area contributed by atoms with Crippen LogP contribution in [-0.4, -0.2) is 47.8 Å². The maximum atomic E-state index is 15.4. The van der Waals surface area contributed by atoms with Crippen LogP contribution in [0.4, 0.5) is 23.4 Å². The van der Waals surface area contributed by atoms with Crippen molar-refractivity contribution < 1.29 is 27.1 Å². The smallest absolute Gasteiger partial charge is 0.417 e. The van der Waals surface area contributed by atoms with Crippen molar-refractivity contribution in [1.82, 2.24) is 29.2 Å². The molecule has 1 unspecified atom stereocenters. The van der Waals surface area contributed by atoms with Crippen LogP contribution in [0, 0.1) is 5.82 Å². The van der Waals surface area contributed by atoms with E-state index < -0.39 is 29.5 Å². The van der Waals surface area contributed by atoms with Gasteiger partial charge in [0.2, 0.25) is 0 Å². The lowest BCUT2D eigenvalue weighted by molar-refractivity contribution is -0.137. The summed E-state index contributed by atoms with van der Waals surface area (Å²) in [4.78, 5) is 32.3. The number of hydrogen-bond acceptors (Lipinski definition) is 7. The summed E-state index contributed by atoms with van der Waals surface area (Å²) in [5, 5.41) is 0. The van der Waals surface area contributed by atoms with Crippen molar-refractivity contribution in [2.75, 3.05) is 12.3 Å². The van der Waals surface area contributed by atoms with Gasteiger partial charge in [-0.3, -0.25) is 19.2 Å². The van der Waals surface area contributed by atoms with E-state index >= 15 is 4.39 Å². The summed E-state index contributed by atoms with van der Waals surface area (Å²) in [6.07, 6.45) is 3.98. The third-order valence-corrected chi connectivity index (χ3v) is 7.45. The molecule has 5 aromatic rings. The Kier molecular flexibility index (Phi) is 5.60. The molecule has 41 heavy (non-hydrogen) atoms. The number of hydrogen-bond donors (Lipinski definition) is 1. The Hall–Kier alpha value is -4.81. The molecule has 2 aliphatic rings. The average molecular weight is 564 g/mol. The van der Waals surface area contributed by atoms with E-state index in [4.69, 9.17) is 10.5 Å². The number of carbonyl (C=O) groups is 1. The van der Waals surface area contributed by atoms with Crippen LogP contribution in [0.2, 0.25) is 0 Å². The number of fused-ring (bicyclic) bond motifs is 4. The van der Waals surface area contributed by atoms with Gasteiger partial charge in [-0.15, -0.1) is 0 Å². The van der Waals surface area contributed by atoms with Crippen molar-refractivity contribution >= 4 is 28.3 Å². The molecule has 2 N–H and O–H groups in total. The summed E-state index contributed by atoms with van der Waals surface area (Å²) in [6.45, 7) is 0.249. The van der Waals surface area contributed by atoms with Crippen molar-refractivity contribution in [1.29, 1.82) is 0 Å². The average Bonchev–Trinajstić information content (AvgIpc) is 3.65. The van der Waals surface area contributed by atoms with Gasteiger partial charge in [0.15, 0.2) is 0 Å². The second-order valence-electron chi connectivity index (χ2n) is 10.1. The molecule has 0 saturated heterocycles. The van der Waals surface area contributed by atoms with E-state index in [9.17, 15) is 18.0 Å². The molecule has 1 saturated carbocycles. The summed E-state index contributed by atoms with van der Waals surface area (Å²) in [7, 11) is 0. The predicted molar refractivity (Wildman–Crippen MR) is 139 cm³/mol. The summed E-state index contributed by atoms with van der Waals surface area (Å²) >= 11 is 0. The summed E-state index contributed by atoms with van der Waals surface area (Å²) in [5.74, 6) is -0.679. The minimum atomic E-state index is -4.54. The second-order valence-corrected chi connectivity index (χ2v) is 10.1. The van der Waals surface area contributed by atoms with Crippen LogP contribution < -0.4 is 10.5 Å². The Morgan fingerprint density at radius 1 is 1.00 bits per heavy atom. The van der Waals surface area contributed by atoms with E-state index in [1.54, 1.807) is 15.4 Å². The summed E-state index contributed by atoms with van der Waals surface area (Å²) < 4.78 is 62.6. The normalized spacial score (nSPS) is 16.9. The molecule has 208 valence electrons. The van der Waals surface area contributed by atoms with Gasteiger partial charge < -0.3 is 15.4 Å². The first-order valence-corrected chi connectivity index (χ1v) is 12.9. The van der Waals surface area contributed by atoms with Gasteiger partial charge in [0.1, 0.15) is 28.6 Å². The number of anilines is 1. The van der Waals surface area contributed by atoms with E-state index in [0.717, 1.165) is 25.1 Å². The molecule has 1 aliphatic heterocycles. The minimum absolute atomic E-state index is 0.111. The number of imidazole rings is 1. The standard InChI is InChI=1S/C28H21F4N7O2/c29-19-8-20-22(38-13-35-12-23(38)26(33)37-20)7-18(19)27(40)39(17-1-2-17)21-3-4-41-24-6-15(10-36-25(21)24)14-5-16(11-34-9-14)28(30,31)32/h5-13,17,21H,1-4H2,(H2,33,37). The van der Waals surface area contributed by atoms with Crippen molar-refractivity contribution in [2.45, 2.75) is 37.5 Å². The highest BCUT2D eigenvalue weighted by Gasteiger charge is 2.42. The maximum Gasteiger partial charge on any atom is 0.417 e. The van der Waals surface area contributed by atoms with Crippen LogP contribution in [0.25, 0.3) is 27.7 Å².